The number of hydrogen-bond acceptors (Lipinski definition) is 3. The fourth-order valence-electron chi connectivity index (χ4n) is 2.89. The normalized spacial score (nSPS) is 29.0. The minimum atomic E-state index is 0.0986. The summed E-state index contributed by atoms with van der Waals surface area (Å²) in [5.74, 6) is 0.747. The molecule has 2 rings (SSSR count). The van der Waals surface area contributed by atoms with Gasteiger partial charge in [-0.1, -0.05) is 12.8 Å². The average molecular weight is 210 g/mol. The summed E-state index contributed by atoms with van der Waals surface area (Å²) in [7, 11) is 1.93. The summed E-state index contributed by atoms with van der Waals surface area (Å²) in [6.07, 6.45) is 6.43. The zero-order chi connectivity index (χ0) is 10.8. The van der Waals surface area contributed by atoms with E-state index in [0.717, 1.165) is 6.29 Å². The van der Waals surface area contributed by atoms with E-state index < -0.39 is 0 Å². The third kappa shape index (κ3) is 1.91. The predicted octanol–water partition coefficient (Wildman–Crippen LogP) is 0.823. The Hall–Kier alpha value is -0.900. The van der Waals surface area contributed by atoms with Crippen LogP contribution in [0.2, 0.25) is 0 Å². The molecular weight excluding hydrogens is 192 g/mol. The van der Waals surface area contributed by atoms with E-state index in [2.05, 4.69) is 0 Å². The molecule has 0 N–H and O–H groups in total. The lowest BCUT2D eigenvalue weighted by Gasteiger charge is -2.29. The number of hydrogen-bond donors (Lipinski definition) is 0. The molecule has 1 heterocycles. The van der Waals surface area contributed by atoms with Gasteiger partial charge in [-0.05, 0) is 18.8 Å². The van der Waals surface area contributed by atoms with Gasteiger partial charge >= 0.3 is 0 Å². The summed E-state index contributed by atoms with van der Waals surface area (Å²) in [6.45, 7) is 0.207. The van der Waals surface area contributed by atoms with E-state index in [1.54, 1.807) is 5.01 Å². The van der Waals surface area contributed by atoms with Crippen molar-refractivity contribution in [2.45, 2.75) is 38.1 Å². The molecule has 4 heteroatoms. The molecule has 0 aromatic heterocycles. The van der Waals surface area contributed by atoms with Crippen LogP contribution >= 0.6 is 0 Å². The largest absolute Gasteiger partial charge is 0.301 e. The third-order valence-corrected chi connectivity index (χ3v) is 3.72. The zero-order valence-electron chi connectivity index (χ0n) is 9.19. The van der Waals surface area contributed by atoms with Crippen LogP contribution in [0.1, 0.15) is 32.1 Å². The summed E-state index contributed by atoms with van der Waals surface area (Å²) < 4.78 is 0. The first-order valence-electron chi connectivity index (χ1n) is 5.70. The van der Waals surface area contributed by atoms with E-state index in [1.807, 2.05) is 12.1 Å². The Morgan fingerprint density at radius 2 is 2.07 bits per heavy atom. The highest BCUT2D eigenvalue weighted by Gasteiger charge is 2.39. The molecule has 2 fully saturated rings. The Morgan fingerprint density at radius 3 is 2.67 bits per heavy atom. The molecule has 84 valence electrons. The molecule has 0 aromatic carbocycles. The fourth-order valence-corrected chi connectivity index (χ4v) is 2.89. The van der Waals surface area contributed by atoms with E-state index in [-0.39, 0.29) is 12.5 Å². The Labute approximate surface area is 90.2 Å². The molecular formula is C11H18N2O2. The van der Waals surface area contributed by atoms with Gasteiger partial charge in [0.05, 0.1) is 6.54 Å². The second-order valence-corrected chi connectivity index (χ2v) is 4.53. The summed E-state index contributed by atoms with van der Waals surface area (Å²) in [4.78, 5) is 22.1. The van der Waals surface area contributed by atoms with Crippen LogP contribution in [0.4, 0.5) is 0 Å². The summed E-state index contributed by atoms with van der Waals surface area (Å²) in [5.41, 5.74) is 0. The second-order valence-electron chi connectivity index (χ2n) is 4.53. The van der Waals surface area contributed by atoms with Crippen LogP contribution in [0.3, 0.4) is 0 Å². The van der Waals surface area contributed by atoms with Gasteiger partial charge in [-0.2, -0.15) is 0 Å². The fraction of sp³-hybridized carbons (Fsp3) is 0.818. The lowest BCUT2D eigenvalue weighted by Crippen LogP contribution is -2.42. The average Bonchev–Trinajstić information content (AvgIpc) is 2.81. The maximum atomic E-state index is 11.7. The maximum absolute atomic E-state index is 11.7. The van der Waals surface area contributed by atoms with Crippen LogP contribution in [0.15, 0.2) is 0 Å². The Kier molecular flexibility index (Phi) is 3.05. The monoisotopic (exact) mass is 210 g/mol. The highest BCUT2D eigenvalue weighted by molar-refractivity contribution is 5.80. The van der Waals surface area contributed by atoms with Gasteiger partial charge in [0.25, 0.3) is 0 Å². The number of hydrazine groups is 1. The standard InChI is InChI=1S/C11H18N2O2/c1-12-10(9-4-2-3-5-9)8-11(15)13(12)6-7-14/h7,9-10H,2-6,8H2,1H3. The smallest absolute Gasteiger partial charge is 0.238 e. The number of carbonyl (C=O) groups is 2. The van der Waals surface area contributed by atoms with Crippen molar-refractivity contribution in [3.8, 4) is 0 Å². The van der Waals surface area contributed by atoms with Gasteiger partial charge in [0.2, 0.25) is 5.91 Å². The molecule has 1 unspecified atom stereocenters. The summed E-state index contributed by atoms with van der Waals surface area (Å²) >= 11 is 0. The van der Waals surface area contributed by atoms with Crippen molar-refractivity contribution in [1.29, 1.82) is 0 Å². The molecule has 1 aliphatic heterocycles. The minimum Gasteiger partial charge on any atom is -0.301 e. The van der Waals surface area contributed by atoms with Crippen molar-refractivity contribution in [1.82, 2.24) is 10.0 Å². The van der Waals surface area contributed by atoms with Gasteiger partial charge in [-0.15, -0.1) is 0 Å². The number of aldehydes is 1. The minimum absolute atomic E-state index is 0.0986. The quantitative estimate of drug-likeness (QED) is 0.648. The molecule has 0 spiro atoms. The van der Waals surface area contributed by atoms with Crippen LogP contribution in [-0.2, 0) is 9.59 Å². The summed E-state index contributed by atoms with van der Waals surface area (Å²) in [5, 5.41) is 3.56. The Balaban J connectivity index is 2.03. The van der Waals surface area contributed by atoms with E-state index in [4.69, 9.17) is 0 Å². The zero-order valence-corrected chi connectivity index (χ0v) is 9.19. The number of carbonyl (C=O) groups excluding carboxylic acids is 2. The first-order chi connectivity index (χ1) is 7.24. The maximum Gasteiger partial charge on any atom is 0.238 e. The molecule has 1 aliphatic carbocycles. The topological polar surface area (TPSA) is 40.6 Å². The molecule has 2 aliphatic rings. The van der Waals surface area contributed by atoms with E-state index in [0.29, 0.717) is 18.4 Å². The lowest BCUT2D eigenvalue weighted by molar-refractivity contribution is -0.139. The van der Waals surface area contributed by atoms with Crippen LogP contribution < -0.4 is 0 Å². The summed E-state index contributed by atoms with van der Waals surface area (Å²) in [6, 6.07) is 0.333. The molecule has 4 nitrogen and oxygen atoms in total. The highest BCUT2D eigenvalue weighted by atomic mass is 16.2. The van der Waals surface area contributed by atoms with Crippen molar-refractivity contribution >= 4 is 12.2 Å². The van der Waals surface area contributed by atoms with E-state index in [1.165, 1.54) is 25.7 Å². The SMILES string of the molecule is CN1C(C2CCCC2)CC(=O)N1CC=O. The van der Waals surface area contributed by atoms with Crippen LogP contribution in [0.5, 0.6) is 0 Å². The van der Waals surface area contributed by atoms with Gasteiger partial charge in [0, 0.05) is 19.5 Å². The van der Waals surface area contributed by atoms with Crippen molar-refractivity contribution in [2.75, 3.05) is 13.6 Å². The van der Waals surface area contributed by atoms with Crippen molar-refractivity contribution in [3.05, 3.63) is 0 Å². The second kappa shape index (κ2) is 4.31. The van der Waals surface area contributed by atoms with Crippen molar-refractivity contribution in [3.63, 3.8) is 0 Å². The molecule has 1 saturated carbocycles. The molecule has 0 radical (unpaired) electrons. The Bertz CT molecular complexity index is 261. The molecule has 1 amide bonds. The first-order valence-corrected chi connectivity index (χ1v) is 5.70. The predicted molar refractivity (Wildman–Crippen MR) is 55.9 cm³/mol. The first kappa shape index (κ1) is 10.6. The van der Waals surface area contributed by atoms with Crippen LogP contribution in [0.25, 0.3) is 0 Å². The van der Waals surface area contributed by atoms with E-state index in [9.17, 15) is 9.59 Å². The van der Waals surface area contributed by atoms with Gasteiger partial charge < -0.3 is 4.79 Å². The molecule has 0 aromatic rings. The third-order valence-electron chi connectivity index (χ3n) is 3.72. The number of nitrogens with zero attached hydrogens (tertiary/aromatic N) is 2. The van der Waals surface area contributed by atoms with Crippen molar-refractivity contribution < 1.29 is 9.59 Å². The van der Waals surface area contributed by atoms with Gasteiger partial charge in [0.1, 0.15) is 6.29 Å². The molecule has 15 heavy (non-hydrogen) atoms. The highest BCUT2D eigenvalue weighted by Crippen LogP contribution is 2.34. The lowest BCUT2D eigenvalue weighted by atomic mass is 9.96. The molecule has 1 atom stereocenters. The van der Waals surface area contributed by atoms with Crippen molar-refractivity contribution in [2.24, 2.45) is 5.92 Å². The number of amides is 1. The van der Waals surface area contributed by atoms with Crippen LogP contribution in [-0.4, -0.2) is 41.8 Å². The van der Waals surface area contributed by atoms with E-state index >= 15 is 0 Å². The molecule has 0 bridgehead atoms. The van der Waals surface area contributed by atoms with Gasteiger partial charge in [-0.3, -0.25) is 9.80 Å². The molecule has 1 saturated heterocycles. The van der Waals surface area contributed by atoms with Gasteiger partial charge in [-0.25, -0.2) is 5.01 Å². The number of rotatable bonds is 3. The Morgan fingerprint density at radius 1 is 1.40 bits per heavy atom. The van der Waals surface area contributed by atoms with Gasteiger partial charge in [0.15, 0.2) is 0 Å². The van der Waals surface area contributed by atoms with Crippen LogP contribution in [0, 0.1) is 5.92 Å².